The highest BCUT2D eigenvalue weighted by Gasteiger charge is 2.20. The molecule has 0 bridgehead atoms. The molecule has 1 aliphatic rings. The van der Waals surface area contributed by atoms with Crippen LogP contribution in [0.2, 0.25) is 0 Å². The summed E-state index contributed by atoms with van der Waals surface area (Å²) in [5.74, 6) is 1.55. The Morgan fingerprint density at radius 1 is 1.23 bits per heavy atom. The molecule has 22 heavy (non-hydrogen) atoms. The van der Waals surface area contributed by atoms with Crippen LogP contribution in [0.5, 0.6) is 0 Å². The van der Waals surface area contributed by atoms with Crippen molar-refractivity contribution in [3.05, 3.63) is 36.4 Å². The Bertz CT molecular complexity index is 653. The van der Waals surface area contributed by atoms with Gasteiger partial charge < -0.3 is 16.0 Å². The normalized spacial score (nSPS) is 15.8. The van der Waals surface area contributed by atoms with Gasteiger partial charge in [0, 0.05) is 13.1 Å². The second-order valence-corrected chi connectivity index (χ2v) is 5.73. The Hall–Kier alpha value is -2.37. The number of hydrogen-bond donors (Lipinski definition) is 2. The quantitative estimate of drug-likeness (QED) is 0.911. The highest BCUT2D eigenvalue weighted by Crippen LogP contribution is 2.31. The summed E-state index contributed by atoms with van der Waals surface area (Å²) >= 11 is 0. The van der Waals surface area contributed by atoms with Crippen LogP contribution in [0, 0.1) is 11.7 Å². The Morgan fingerprint density at radius 2 is 1.95 bits per heavy atom. The molecule has 0 unspecified atom stereocenters. The molecule has 0 saturated carbocycles. The number of nitrogens with two attached hydrogens (primary N) is 1. The molecular formula is C16H20FN5. The van der Waals surface area contributed by atoms with Crippen LogP contribution in [-0.4, -0.2) is 23.1 Å². The van der Waals surface area contributed by atoms with Crippen LogP contribution in [0.3, 0.4) is 0 Å². The number of rotatable bonds is 3. The third-order valence-corrected chi connectivity index (χ3v) is 4.07. The van der Waals surface area contributed by atoms with Gasteiger partial charge in [0.25, 0.3) is 0 Å². The van der Waals surface area contributed by atoms with Crippen molar-refractivity contribution in [2.75, 3.05) is 29.0 Å². The van der Waals surface area contributed by atoms with Crippen LogP contribution >= 0.6 is 0 Å². The lowest BCUT2D eigenvalue weighted by atomic mass is 9.99. The van der Waals surface area contributed by atoms with Crippen molar-refractivity contribution in [3.8, 4) is 0 Å². The van der Waals surface area contributed by atoms with Crippen LogP contribution in [0.4, 0.5) is 27.4 Å². The second kappa shape index (κ2) is 6.17. The van der Waals surface area contributed by atoms with Crippen LogP contribution in [0.1, 0.15) is 19.8 Å². The Kier molecular flexibility index (Phi) is 4.09. The number of nitrogens with one attached hydrogen (secondary N) is 1. The van der Waals surface area contributed by atoms with Crippen molar-refractivity contribution < 1.29 is 4.39 Å². The summed E-state index contributed by atoms with van der Waals surface area (Å²) in [4.78, 5) is 10.6. The molecule has 0 amide bonds. The highest BCUT2D eigenvalue weighted by atomic mass is 19.1. The number of para-hydroxylation sites is 1. The molecule has 1 aliphatic heterocycles. The average Bonchev–Trinajstić information content (AvgIpc) is 2.52. The molecule has 5 nitrogen and oxygen atoms in total. The van der Waals surface area contributed by atoms with Gasteiger partial charge in [-0.15, -0.1) is 0 Å². The molecule has 3 N–H and O–H groups in total. The van der Waals surface area contributed by atoms with Gasteiger partial charge in [-0.2, -0.15) is 0 Å². The fourth-order valence-corrected chi connectivity index (χ4v) is 2.65. The number of hydrogen-bond acceptors (Lipinski definition) is 5. The van der Waals surface area contributed by atoms with Crippen molar-refractivity contribution in [3.63, 3.8) is 0 Å². The summed E-state index contributed by atoms with van der Waals surface area (Å²) in [5.41, 5.74) is 7.01. The maximum absolute atomic E-state index is 13.7. The van der Waals surface area contributed by atoms with E-state index in [2.05, 4.69) is 27.1 Å². The SMILES string of the molecule is CC1CCN(c2ncnc(Nc3ccccc3F)c2N)CC1. The van der Waals surface area contributed by atoms with E-state index in [9.17, 15) is 4.39 Å². The lowest BCUT2D eigenvalue weighted by Gasteiger charge is -2.32. The zero-order valence-corrected chi connectivity index (χ0v) is 12.6. The van der Waals surface area contributed by atoms with Crippen LogP contribution < -0.4 is 16.0 Å². The predicted octanol–water partition coefficient (Wildman–Crippen LogP) is 3.18. The number of aromatic nitrogens is 2. The number of anilines is 4. The Balaban J connectivity index is 1.84. The molecule has 1 aromatic heterocycles. The molecule has 116 valence electrons. The van der Waals surface area contributed by atoms with E-state index < -0.39 is 0 Å². The van der Waals surface area contributed by atoms with Gasteiger partial charge in [-0.05, 0) is 30.9 Å². The summed E-state index contributed by atoms with van der Waals surface area (Å²) < 4.78 is 13.7. The molecule has 2 heterocycles. The predicted molar refractivity (Wildman–Crippen MR) is 86.7 cm³/mol. The number of benzene rings is 1. The fourth-order valence-electron chi connectivity index (χ4n) is 2.65. The molecule has 3 rings (SSSR count). The van der Waals surface area contributed by atoms with Crippen molar-refractivity contribution >= 4 is 23.0 Å². The number of piperidine rings is 1. The number of nitrogen functional groups attached to an aromatic ring is 1. The van der Waals surface area contributed by atoms with Gasteiger partial charge in [-0.3, -0.25) is 0 Å². The highest BCUT2D eigenvalue weighted by molar-refractivity contribution is 5.78. The monoisotopic (exact) mass is 301 g/mol. The maximum atomic E-state index is 13.7. The molecule has 0 spiro atoms. The summed E-state index contributed by atoms with van der Waals surface area (Å²) in [6, 6.07) is 6.45. The van der Waals surface area contributed by atoms with Crippen molar-refractivity contribution in [2.24, 2.45) is 5.92 Å². The van der Waals surface area contributed by atoms with E-state index in [0.717, 1.165) is 37.7 Å². The average molecular weight is 301 g/mol. The molecule has 2 aromatic rings. The number of halogens is 1. The lowest BCUT2D eigenvalue weighted by molar-refractivity contribution is 0.437. The van der Waals surface area contributed by atoms with Crippen LogP contribution in [-0.2, 0) is 0 Å². The fraction of sp³-hybridized carbons (Fsp3) is 0.375. The second-order valence-electron chi connectivity index (χ2n) is 5.73. The standard InChI is InChI=1S/C16H20FN5/c1-11-6-8-22(9-7-11)16-14(18)15(19-10-20-16)21-13-5-3-2-4-12(13)17/h2-5,10-11H,6-9,18H2,1H3,(H,19,20,21). The first-order valence-electron chi connectivity index (χ1n) is 7.52. The molecule has 1 saturated heterocycles. The van der Waals surface area contributed by atoms with E-state index in [1.165, 1.54) is 12.4 Å². The molecule has 1 fully saturated rings. The first-order valence-corrected chi connectivity index (χ1v) is 7.52. The molecule has 0 radical (unpaired) electrons. The van der Waals surface area contributed by atoms with E-state index >= 15 is 0 Å². The minimum Gasteiger partial charge on any atom is -0.393 e. The van der Waals surface area contributed by atoms with Gasteiger partial charge in [0.05, 0.1) is 5.69 Å². The smallest absolute Gasteiger partial charge is 0.159 e. The minimum absolute atomic E-state index is 0.339. The van der Waals surface area contributed by atoms with Crippen molar-refractivity contribution in [2.45, 2.75) is 19.8 Å². The summed E-state index contributed by atoms with van der Waals surface area (Å²) in [6.07, 6.45) is 3.71. The van der Waals surface area contributed by atoms with E-state index in [1.807, 2.05) is 0 Å². The van der Waals surface area contributed by atoms with Gasteiger partial charge in [-0.1, -0.05) is 19.1 Å². The zero-order chi connectivity index (χ0) is 15.5. The number of nitrogens with zero attached hydrogens (tertiary/aromatic N) is 3. The summed E-state index contributed by atoms with van der Waals surface area (Å²) in [6.45, 7) is 4.12. The molecule has 1 aromatic carbocycles. The van der Waals surface area contributed by atoms with Crippen LogP contribution in [0.15, 0.2) is 30.6 Å². The van der Waals surface area contributed by atoms with Crippen LogP contribution in [0.25, 0.3) is 0 Å². The van der Waals surface area contributed by atoms with Crippen molar-refractivity contribution in [1.82, 2.24) is 9.97 Å². The van der Waals surface area contributed by atoms with Gasteiger partial charge in [0.1, 0.15) is 17.8 Å². The summed E-state index contributed by atoms with van der Waals surface area (Å²) in [5, 5.41) is 2.95. The Morgan fingerprint density at radius 3 is 2.68 bits per heavy atom. The van der Waals surface area contributed by atoms with E-state index in [-0.39, 0.29) is 5.82 Å². The first kappa shape index (κ1) is 14.6. The molecule has 0 aliphatic carbocycles. The van der Waals surface area contributed by atoms with Gasteiger partial charge in [0.2, 0.25) is 0 Å². The van der Waals surface area contributed by atoms with Gasteiger partial charge in [0.15, 0.2) is 11.6 Å². The molecule has 6 heteroatoms. The molecule has 0 atom stereocenters. The zero-order valence-electron chi connectivity index (χ0n) is 12.6. The lowest BCUT2D eigenvalue weighted by Crippen LogP contribution is -2.34. The maximum Gasteiger partial charge on any atom is 0.159 e. The van der Waals surface area contributed by atoms with E-state index in [1.54, 1.807) is 18.2 Å². The van der Waals surface area contributed by atoms with E-state index in [0.29, 0.717) is 17.2 Å². The van der Waals surface area contributed by atoms with Crippen molar-refractivity contribution in [1.29, 1.82) is 0 Å². The Labute approximate surface area is 129 Å². The molecular weight excluding hydrogens is 281 g/mol. The summed E-state index contributed by atoms with van der Waals surface area (Å²) in [7, 11) is 0. The van der Waals surface area contributed by atoms with Gasteiger partial charge in [-0.25, -0.2) is 14.4 Å². The topological polar surface area (TPSA) is 67.1 Å². The van der Waals surface area contributed by atoms with E-state index in [4.69, 9.17) is 5.73 Å². The third-order valence-electron chi connectivity index (χ3n) is 4.07. The largest absolute Gasteiger partial charge is 0.393 e. The van der Waals surface area contributed by atoms with Gasteiger partial charge >= 0.3 is 0 Å². The minimum atomic E-state index is -0.339. The third kappa shape index (κ3) is 2.95. The first-order chi connectivity index (χ1) is 10.6.